The second kappa shape index (κ2) is 5.91. The van der Waals surface area contributed by atoms with Crippen molar-refractivity contribution >= 4 is 15.6 Å². The van der Waals surface area contributed by atoms with E-state index in [1.54, 1.807) is 48.5 Å². The van der Waals surface area contributed by atoms with Gasteiger partial charge in [0.15, 0.2) is 9.84 Å². The van der Waals surface area contributed by atoms with Gasteiger partial charge in [-0.15, -0.1) is 0 Å². The zero-order valence-electron chi connectivity index (χ0n) is 12.6. The van der Waals surface area contributed by atoms with Gasteiger partial charge in [0.2, 0.25) is 0 Å². The highest BCUT2D eigenvalue weighted by atomic mass is 32.2. The molecule has 0 spiro atoms. The van der Waals surface area contributed by atoms with E-state index < -0.39 is 20.7 Å². The summed E-state index contributed by atoms with van der Waals surface area (Å²) in [5.41, 5.74) is -1.22. The fourth-order valence-electron chi connectivity index (χ4n) is 3.23. The van der Waals surface area contributed by atoms with Gasteiger partial charge in [-0.3, -0.25) is 4.79 Å². The number of carbonyl (C=O) groups excluding carboxylic acids is 1. The molecule has 2 atom stereocenters. The summed E-state index contributed by atoms with van der Waals surface area (Å²) < 4.78 is 26.0. The first-order chi connectivity index (χ1) is 10.9. The second-order valence-electron chi connectivity index (χ2n) is 5.89. The summed E-state index contributed by atoms with van der Waals surface area (Å²) in [6.07, 6.45) is 0.126. The summed E-state index contributed by atoms with van der Waals surface area (Å²) in [5, 5.41) is 10.1. The van der Waals surface area contributed by atoms with E-state index in [1.807, 2.05) is 0 Å². The molecule has 0 bridgehead atoms. The summed E-state index contributed by atoms with van der Waals surface area (Å²) in [6.45, 7) is 0. The maximum absolute atomic E-state index is 13.0. The van der Waals surface area contributed by atoms with Crippen LogP contribution in [-0.4, -0.2) is 24.6 Å². The Morgan fingerprint density at radius 3 is 2.13 bits per heavy atom. The van der Waals surface area contributed by atoms with E-state index in [9.17, 15) is 18.3 Å². The summed E-state index contributed by atoms with van der Waals surface area (Å²) in [4.78, 5) is 12.1. The molecule has 23 heavy (non-hydrogen) atoms. The lowest BCUT2D eigenvalue weighted by molar-refractivity contribution is -0.128. The van der Waals surface area contributed by atoms with Crippen LogP contribution in [-0.2, 0) is 20.2 Å². The molecule has 0 aromatic heterocycles. The van der Waals surface area contributed by atoms with Crippen molar-refractivity contribution in [2.45, 2.75) is 35.0 Å². The fourth-order valence-corrected chi connectivity index (χ4v) is 5.26. The lowest BCUT2D eigenvalue weighted by Crippen LogP contribution is -2.49. The third-order valence-electron chi connectivity index (χ3n) is 4.40. The summed E-state index contributed by atoms with van der Waals surface area (Å²) in [5.74, 6) is -0.115. The molecular weight excluding hydrogens is 312 g/mol. The van der Waals surface area contributed by atoms with E-state index >= 15 is 0 Å². The Bertz CT molecular complexity index is 799. The largest absolute Gasteiger partial charge is 0.383 e. The van der Waals surface area contributed by atoms with Crippen LogP contribution < -0.4 is 0 Å². The number of carbonyl (C=O) groups is 1. The molecule has 5 heteroatoms. The topological polar surface area (TPSA) is 71.4 Å². The predicted molar refractivity (Wildman–Crippen MR) is 86.6 cm³/mol. The Kier molecular flexibility index (Phi) is 4.08. The van der Waals surface area contributed by atoms with Gasteiger partial charge in [0, 0.05) is 12.8 Å². The molecular formula is C18H18O4S. The first-order valence-corrected chi connectivity index (χ1v) is 9.08. The number of aliphatic hydroxyl groups is 1. The number of ketones is 1. The van der Waals surface area contributed by atoms with Gasteiger partial charge in [0.1, 0.15) is 11.4 Å². The monoisotopic (exact) mass is 330 g/mol. The maximum atomic E-state index is 13.0. The normalized spacial score (nSPS) is 25.3. The van der Waals surface area contributed by atoms with Crippen molar-refractivity contribution in [3.63, 3.8) is 0 Å². The van der Waals surface area contributed by atoms with Crippen molar-refractivity contribution in [3.8, 4) is 0 Å². The zero-order chi connectivity index (χ0) is 16.5. The Labute approximate surface area is 135 Å². The highest BCUT2D eigenvalue weighted by Crippen LogP contribution is 2.41. The van der Waals surface area contributed by atoms with Crippen LogP contribution in [0.4, 0.5) is 0 Å². The molecule has 1 N–H and O–H groups in total. The molecule has 0 aliphatic heterocycles. The van der Waals surface area contributed by atoms with Gasteiger partial charge in [-0.1, -0.05) is 48.5 Å². The number of hydrogen-bond donors (Lipinski definition) is 1. The van der Waals surface area contributed by atoms with Gasteiger partial charge in [0.25, 0.3) is 0 Å². The molecule has 0 radical (unpaired) electrons. The molecule has 1 saturated carbocycles. The van der Waals surface area contributed by atoms with Crippen molar-refractivity contribution in [3.05, 3.63) is 66.2 Å². The lowest BCUT2D eigenvalue weighted by Gasteiger charge is -2.39. The molecule has 4 nitrogen and oxygen atoms in total. The Balaban J connectivity index is 2.11. The van der Waals surface area contributed by atoms with Gasteiger partial charge < -0.3 is 5.11 Å². The van der Waals surface area contributed by atoms with Crippen LogP contribution in [0.3, 0.4) is 0 Å². The number of Topliss-reactive ketones (excluding diaryl/α,β-unsaturated/α-hetero) is 1. The molecule has 3 rings (SSSR count). The number of rotatable bonds is 3. The average Bonchev–Trinajstić information content (AvgIpc) is 2.56. The maximum Gasteiger partial charge on any atom is 0.184 e. The van der Waals surface area contributed by atoms with Crippen molar-refractivity contribution in [1.29, 1.82) is 0 Å². The van der Waals surface area contributed by atoms with Crippen LogP contribution in [0.2, 0.25) is 0 Å². The van der Waals surface area contributed by atoms with E-state index in [0.717, 1.165) is 0 Å². The third kappa shape index (κ3) is 2.82. The van der Waals surface area contributed by atoms with Crippen molar-refractivity contribution < 1.29 is 18.3 Å². The van der Waals surface area contributed by atoms with Crippen LogP contribution in [0.5, 0.6) is 0 Å². The van der Waals surface area contributed by atoms with E-state index in [4.69, 9.17) is 0 Å². The molecule has 0 heterocycles. The van der Waals surface area contributed by atoms with E-state index in [0.29, 0.717) is 5.56 Å². The Morgan fingerprint density at radius 2 is 1.52 bits per heavy atom. The van der Waals surface area contributed by atoms with E-state index in [-0.39, 0.29) is 29.9 Å². The fraction of sp³-hybridized carbons (Fsp3) is 0.278. The highest BCUT2D eigenvalue weighted by Gasteiger charge is 2.50. The minimum absolute atomic E-state index is 0.115. The van der Waals surface area contributed by atoms with Crippen LogP contribution in [0, 0.1) is 0 Å². The van der Waals surface area contributed by atoms with Crippen molar-refractivity contribution in [1.82, 2.24) is 0 Å². The van der Waals surface area contributed by atoms with Crippen LogP contribution >= 0.6 is 0 Å². The van der Waals surface area contributed by atoms with Crippen LogP contribution in [0.1, 0.15) is 24.8 Å². The van der Waals surface area contributed by atoms with Gasteiger partial charge in [-0.25, -0.2) is 8.42 Å². The first-order valence-electron chi connectivity index (χ1n) is 7.53. The Hall–Kier alpha value is -1.98. The van der Waals surface area contributed by atoms with Crippen LogP contribution in [0.25, 0.3) is 0 Å². The molecule has 1 aliphatic carbocycles. The molecule has 0 unspecified atom stereocenters. The quantitative estimate of drug-likeness (QED) is 0.938. The molecule has 1 aliphatic rings. The van der Waals surface area contributed by atoms with Gasteiger partial charge in [-0.05, 0) is 24.1 Å². The summed E-state index contributed by atoms with van der Waals surface area (Å²) >= 11 is 0. The average molecular weight is 330 g/mol. The van der Waals surface area contributed by atoms with Crippen LogP contribution in [0.15, 0.2) is 65.6 Å². The molecule has 2 aromatic carbocycles. The first kappa shape index (κ1) is 15.9. The van der Waals surface area contributed by atoms with Crippen molar-refractivity contribution in [2.75, 3.05) is 0 Å². The standard InChI is InChI=1S/C18H18O4S/c19-15-11-12-17(23(21,22)16-9-5-2-6-10-16)18(20,13-15)14-7-3-1-4-8-14/h1-10,17,20H,11-13H2/t17-,18-/m1/s1. The van der Waals surface area contributed by atoms with Gasteiger partial charge in [0.05, 0.1) is 10.1 Å². The second-order valence-corrected chi connectivity index (χ2v) is 8.02. The molecule has 120 valence electrons. The minimum Gasteiger partial charge on any atom is -0.383 e. The predicted octanol–water partition coefficient (Wildman–Crippen LogP) is 2.47. The highest BCUT2D eigenvalue weighted by molar-refractivity contribution is 7.92. The summed E-state index contributed by atoms with van der Waals surface area (Å²) in [7, 11) is -3.74. The third-order valence-corrected chi connectivity index (χ3v) is 6.71. The minimum atomic E-state index is -3.74. The molecule has 0 saturated heterocycles. The lowest BCUT2D eigenvalue weighted by atomic mass is 9.78. The van der Waals surface area contributed by atoms with E-state index in [2.05, 4.69) is 0 Å². The zero-order valence-corrected chi connectivity index (χ0v) is 13.4. The van der Waals surface area contributed by atoms with Crippen molar-refractivity contribution in [2.24, 2.45) is 0 Å². The van der Waals surface area contributed by atoms with Gasteiger partial charge in [-0.2, -0.15) is 0 Å². The molecule has 0 amide bonds. The number of sulfone groups is 1. The summed E-state index contributed by atoms with van der Waals surface area (Å²) in [6, 6.07) is 16.7. The molecule has 1 fully saturated rings. The SMILES string of the molecule is O=C1CC[C@@H](S(=O)(=O)c2ccccc2)[C@](O)(c2ccccc2)C1. The molecule has 2 aromatic rings. The smallest absolute Gasteiger partial charge is 0.184 e. The van der Waals surface area contributed by atoms with E-state index in [1.165, 1.54) is 12.1 Å². The number of benzene rings is 2. The Morgan fingerprint density at radius 1 is 0.957 bits per heavy atom. The van der Waals surface area contributed by atoms with Gasteiger partial charge >= 0.3 is 0 Å². The number of hydrogen-bond acceptors (Lipinski definition) is 4.